The zero-order valence-corrected chi connectivity index (χ0v) is 12.0. The summed E-state index contributed by atoms with van der Waals surface area (Å²) in [6.07, 6.45) is 5.36. The molecule has 0 aliphatic heterocycles. The Kier molecular flexibility index (Phi) is 4.69. The van der Waals surface area contributed by atoms with E-state index < -0.39 is 6.10 Å². The molecular formula is C16H21N3O. The van der Waals surface area contributed by atoms with Crippen LogP contribution in [0.4, 0.5) is 5.82 Å². The zero-order valence-electron chi connectivity index (χ0n) is 12.0. The number of nitrogens with zero attached hydrogens (tertiary/aromatic N) is 2. The van der Waals surface area contributed by atoms with Gasteiger partial charge in [-0.15, -0.1) is 0 Å². The van der Waals surface area contributed by atoms with E-state index in [9.17, 15) is 5.11 Å². The molecule has 0 saturated carbocycles. The summed E-state index contributed by atoms with van der Waals surface area (Å²) in [7, 11) is 0. The number of aromatic nitrogens is 2. The number of nitrogens with one attached hydrogen (secondary N) is 1. The van der Waals surface area contributed by atoms with Crippen molar-refractivity contribution in [1.82, 2.24) is 9.97 Å². The third-order valence-corrected chi connectivity index (χ3v) is 3.70. The van der Waals surface area contributed by atoms with Gasteiger partial charge >= 0.3 is 0 Å². The second-order valence-electron chi connectivity index (χ2n) is 5.44. The van der Waals surface area contributed by atoms with Crippen molar-refractivity contribution in [2.24, 2.45) is 5.41 Å². The molecule has 0 radical (unpaired) electrons. The second-order valence-corrected chi connectivity index (χ2v) is 5.44. The summed E-state index contributed by atoms with van der Waals surface area (Å²) in [5.74, 6) is 0.729. The predicted molar refractivity (Wildman–Crippen MR) is 80.5 cm³/mol. The monoisotopic (exact) mass is 271 g/mol. The highest BCUT2D eigenvalue weighted by molar-refractivity contribution is 5.30. The summed E-state index contributed by atoms with van der Waals surface area (Å²) >= 11 is 0. The molecule has 4 heteroatoms. The molecule has 4 nitrogen and oxygen atoms in total. The summed E-state index contributed by atoms with van der Waals surface area (Å²) in [6.45, 7) is 4.55. The number of hydrogen-bond acceptors (Lipinski definition) is 4. The number of aliphatic hydroxyl groups excluding tert-OH is 1. The normalized spacial score (nSPS) is 15.3. The Hall–Kier alpha value is -1.94. The van der Waals surface area contributed by atoms with E-state index in [0.717, 1.165) is 12.2 Å². The van der Waals surface area contributed by atoms with Crippen molar-refractivity contribution in [3.63, 3.8) is 0 Å². The van der Waals surface area contributed by atoms with Gasteiger partial charge in [-0.1, -0.05) is 37.3 Å². The van der Waals surface area contributed by atoms with E-state index in [1.807, 2.05) is 25.1 Å². The van der Waals surface area contributed by atoms with E-state index in [1.165, 1.54) is 5.56 Å². The third kappa shape index (κ3) is 3.78. The molecule has 0 saturated heterocycles. The van der Waals surface area contributed by atoms with Gasteiger partial charge in [-0.25, -0.2) is 4.98 Å². The molecule has 0 aliphatic rings. The Labute approximate surface area is 119 Å². The quantitative estimate of drug-likeness (QED) is 0.847. The van der Waals surface area contributed by atoms with Crippen molar-refractivity contribution in [1.29, 1.82) is 0 Å². The van der Waals surface area contributed by atoms with Gasteiger partial charge in [0.1, 0.15) is 5.82 Å². The first kappa shape index (κ1) is 14.5. The first-order valence-corrected chi connectivity index (χ1v) is 6.82. The first-order chi connectivity index (χ1) is 9.60. The van der Waals surface area contributed by atoms with E-state index in [1.54, 1.807) is 18.6 Å². The Bertz CT molecular complexity index is 516. The lowest BCUT2D eigenvalue weighted by molar-refractivity contribution is 0.0619. The molecule has 20 heavy (non-hydrogen) atoms. The van der Waals surface area contributed by atoms with Gasteiger partial charge in [0, 0.05) is 24.4 Å². The Balaban J connectivity index is 2.05. The van der Waals surface area contributed by atoms with Crippen molar-refractivity contribution in [3.8, 4) is 0 Å². The Morgan fingerprint density at radius 1 is 1.25 bits per heavy atom. The molecule has 0 unspecified atom stereocenters. The fourth-order valence-corrected chi connectivity index (χ4v) is 2.10. The molecule has 0 aliphatic carbocycles. The number of benzene rings is 1. The van der Waals surface area contributed by atoms with Gasteiger partial charge in [-0.05, 0) is 18.9 Å². The summed E-state index contributed by atoms with van der Waals surface area (Å²) in [4.78, 5) is 8.22. The summed E-state index contributed by atoms with van der Waals surface area (Å²) in [5.41, 5.74) is 0.954. The van der Waals surface area contributed by atoms with Crippen LogP contribution in [0.1, 0.15) is 19.4 Å². The SMILES string of the molecule is C[C@@H](O)[C@@](C)(CNc1cnccn1)Cc1ccccc1. The molecule has 1 heterocycles. The molecule has 0 spiro atoms. The topological polar surface area (TPSA) is 58.0 Å². The molecule has 1 aromatic carbocycles. The summed E-state index contributed by atoms with van der Waals surface area (Å²) in [5, 5.41) is 13.4. The molecule has 0 fully saturated rings. The highest BCUT2D eigenvalue weighted by atomic mass is 16.3. The van der Waals surface area contributed by atoms with Crippen molar-refractivity contribution in [2.75, 3.05) is 11.9 Å². The first-order valence-electron chi connectivity index (χ1n) is 6.82. The molecule has 2 atom stereocenters. The minimum Gasteiger partial charge on any atom is -0.393 e. The highest BCUT2D eigenvalue weighted by Crippen LogP contribution is 2.27. The van der Waals surface area contributed by atoms with Gasteiger partial charge in [0.25, 0.3) is 0 Å². The lowest BCUT2D eigenvalue weighted by Crippen LogP contribution is -2.39. The van der Waals surface area contributed by atoms with E-state index in [4.69, 9.17) is 0 Å². The average molecular weight is 271 g/mol. The molecule has 106 valence electrons. The molecule has 0 amide bonds. The van der Waals surface area contributed by atoms with Crippen LogP contribution in [0.5, 0.6) is 0 Å². The second kappa shape index (κ2) is 6.48. The average Bonchev–Trinajstić information content (AvgIpc) is 2.47. The van der Waals surface area contributed by atoms with Gasteiger partial charge in [0.15, 0.2) is 0 Å². The standard InChI is InChI=1S/C16H21N3O/c1-13(20)16(2,10-14-6-4-3-5-7-14)12-19-15-11-17-8-9-18-15/h3-9,11,13,20H,10,12H2,1-2H3,(H,18,19)/t13-,16-/m1/s1. The largest absolute Gasteiger partial charge is 0.393 e. The Morgan fingerprint density at radius 2 is 2.00 bits per heavy atom. The Morgan fingerprint density at radius 3 is 2.60 bits per heavy atom. The fourth-order valence-electron chi connectivity index (χ4n) is 2.10. The minimum atomic E-state index is -0.424. The van der Waals surface area contributed by atoms with Gasteiger partial charge in [-0.2, -0.15) is 0 Å². The van der Waals surface area contributed by atoms with Gasteiger partial charge in [0.2, 0.25) is 0 Å². The number of aliphatic hydroxyl groups is 1. The number of anilines is 1. The van der Waals surface area contributed by atoms with Gasteiger partial charge in [-0.3, -0.25) is 4.98 Å². The van der Waals surface area contributed by atoms with Gasteiger partial charge in [0.05, 0.1) is 12.3 Å². The fraction of sp³-hybridized carbons (Fsp3) is 0.375. The summed E-state index contributed by atoms with van der Waals surface area (Å²) in [6, 6.07) is 10.2. The van der Waals surface area contributed by atoms with Crippen LogP contribution in [0.2, 0.25) is 0 Å². The van der Waals surface area contributed by atoms with Crippen LogP contribution >= 0.6 is 0 Å². The van der Waals surface area contributed by atoms with Crippen LogP contribution < -0.4 is 5.32 Å². The smallest absolute Gasteiger partial charge is 0.144 e. The van der Waals surface area contributed by atoms with Crippen LogP contribution in [0.15, 0.2) is 48.9 Å². The van der Waals surface area contributed by atoms with Gasteiger partial charge < -0.3 is 10.4 Å². The van der Waals surface area contributed by atoms with Crippen molar-refractivity contribution in [2.45, 2.75) is 26.4 Å². The van der Waals surface area contributed by atoms with Crippen LogP contribution in [-0.2, 0) is 6.42 Å². The van der Waals surface area contributed by atoms with Crippen molar-refractivity contribution >= 4 is 5.82 Å². The lowest BCUT2D eigenvalue weighted by atomic mass is 9.79. The molecule has 2 N–H and O–H groups in total. The van der Waals surface area contributed by atoms with Crippen LogP contribution in [0.25, 0.3) is 0 Å². The third-order valence-electron chi connectivity index (χ3n) is 3.70. The minimum absolute atomic E-state index is 0.265. The maximum absolute atomic E-state index is 10.1. The van der Waals surface area contributed by atoms with Crippen LogP contribution in [-0.4, -0.2) is 27.7 Å². The molecular weight excluding hydrogens is 250 g/mol. The van der Waals surface area contributed by atoms with E-state index in [-0.39, 0.29) is 5.41 Å². The van der Waals surface area contributed by atoms with Crippen LogP contribution in [0, 0.1) is 5.41 Å². The highest BCUT2D eigenvalue weighted by Gasteiger charge is 2.30. The lowest BCUT2D eigenvalue weighted by Gasteiger charge is -2.33. The van der Waals surface area contributed by atoms with Crippen LogP contribution in [0.3, 0.4) is 0 Å². The maximum atomic E-state index is 10.1. The maximum Gasteiger partial charge on any atom is 0.144 e. The zero-order chi connectivity index (χ0) is 14.4. The van der Waals surface area contributed by atoms with E-state index >= 15 is 0 Å². The summed E-state index contributed by atoms with van der Waals surface area (Å²) < 4.78 is 0. The number of hydrogen-bond donors (Lipinski definition) is 2. The van der Waals surface area contributed by atoms with Crippen molar-refractivity contribution < 1.29 is 5.11 Å². The van der Waals surface area contributed by atoms with E-state index in [2.05, 4.69) is 34.3 Å². The van der Waals surface area contributed by atoms with E-state index in [0.29, 0.717) is 6.54 Å². The van der Waals surface area contributed by atoms with Crippen molar-refractivity contribution in [3.05, 3.63) is 54.5 Å². The predicted octanol–water partition coefficient (Wildman–Crippen LogP) is 2.52. The number of rotatable bonds is 6. The molecule has 2 rings (SSSR count). The molecule has 2 aromatic rings. The molecule has 0 bridgehead atoms. The molecule has 1 aromatic heterocycles.